The van der Waals surface area contributed by atoms with Gasteiger partial charge in [-0.15, -0.1) is 0 Å². The van der Waals surface area contributed by atoms with Crippen molar-refractivity contribution in [3.05, 3.63) is 35.9 Å². The quantitative estimate of drug-likeness (QED) is 0.876. The van der Waals surface area contributed by atoms with Crippen LogP contribution in [0.1, 0.15) is 32.8 Å². The van der Waals surface area contributed by atoms with Gasteiger partial charge in [0.05, 0.1) is 6.04 Å². The van der Waals surface area contributed by atoms with E-state index >= 15 is 0 Å². The minimum absolute atomic E-state index is 0.302. The zero-order chi connectivity index (χ0) is 13.4. The first-order valence-electron chi connectivity index (χ1n) is 6.05. The van der Waals surface area contributed by atoms with E-state index < -0.39 is 23.4 Å². The van der Waals surface area contributed by atoms with Crippen LogP contribution >= 0.6 is 0 Å². The molecule has 0 saturated heterocycles. The van der Waals surface area contributed by atoms with Crippen molar-refractivity contribution in [3.8, 4) is 0 Å². The highest BCUT2D eigenvalue weighted by Crippen LogP contribution is 2.49. The van der Waals surface area contributed by atoms with Gasteiger partial charge in [-0.2, -0.15) is 0 Å². The average molecular weight is 251 g/mol. The molecule has 0 bridgehead atoms. The lowest BCUT2D eigenvalue weighted by Gasteiger charge is -2.20. The third kappa shape index (κ3) is 2.81. The molecule has 2 atom stereocenters. The summed E-state index contributed by atoms with van der Waals surface area (Å²) in [6, 6.07) is 8.40. The number of amides is 1. The van der Waals surface area contributed by atoms with Gasteiger partial charge in [0, 0.05) is 6.42 Å². The van der Waals surface area contributed by atoms with Crippen LogP contribution in [0.25, 0.3) is 0 Å². The molecule has 4 heteroatoms. The number of nitrogens with one attached hydrogen (secondary N) is 1. The van der Waals surface area contributed by atoms with Crippen molar-refractivity contribution in [2.45, 2.75) is 44.5 Å². The van der Waals surface area contributed by atoms with Gasteiger partial charge in [0.1, 0.15) is 5.60 Å². The van der Waals surface area contributed by atoms with Gasteiger partial charge in [0.15, 0.2) is 5.67 Å². The number of benzene rings is 1. The van der Waals surface area contributed by atoms with Gasteiger partial charge in [0.2, 0.25) is 0 Å². The molecule has 1 N–H and O–H groups in total. The minimum atomic E-state index is -1.45. The summed E-state index contributed by atoms with van der Waals surface area (Å²) >= 11 is 0. The highest BCUT2D eigenvalue weighted by atomic mass is 19.1. The second-order valence-electron chi connectivity index (χ2n) is 5.63. The standard InChI is InChI=1S/C14H18FNO2/c1-13(2,3)18-12(17)16-11-9-14(11,15)10-7-5-4-6-8-10/h4-8,11H,9H2,1-3H3,(H,16,17)/t11-,14-/m1/s1. The normalized spacial score (nSPS) is 26.6. The van der Waals surface area contributed by atoms with Gasteiger partial charge in [-0.3, -0.25) is 0 Å². The Kier molecular flexibility index (Phi) is 3.05. The minimum Gasteiger partial charge on any atom is -0.444 e. The van der Waals surface area contributed by atoms with Crippen molar-refractivity contribution < 1.29 is 13.9 Å². The molecule has 2 rings (SSSR count). The molecule has 18 heavy (non-hydrogen) atoms. The monoisotopic (exact) mass is 251 g/mol. The molecule has 1 aliphatic carbocycles. The van der Waals surface area contributed by atoms with Crippen molar-refractivity contribution in [2.24, 2.45) is 0 Å². The highest BCUT2D eigenvalue weighted by molar-refractivity contribution is 5.69. The summed E-state index contributed by atoms with van der Waals surface area (Å²) in [5, 5.41) is 2.56. The highest BCUT2D eigenvalue weighted by Gasteiger charge is 2.58. The number of alkyl halides is 1. The third-order valence-electron chi connectivity index (χ3n) is 2.84. The van der Waals surface area contributed by atoms with Crippen molar-refractivity contribution in [2.75, 3.05) is 0 Å². The van der Waals surface area contributed by atoms with Gasteiger partial charge >= 0.3 is 6.09 Å². The summed E-state index contributed by atoms with van der Waals surface area (Å²) < 4.78 is 19.5. The maximum atomic E-state index is 14.4. The van der Waals surface area contributed by atoms with E-state index in [1.165, 1.54) is 0 Å². The van der Waals surface area contributed by atoms with Crippen molar-refractivity contribution >= 4 is 6.09 Å². The molecule has 1 amide bonds. The predicted molar refractivity (Wildman–Crippen MR) is 67.0 cm³/mol. The molecular formula is C14H18FNO2. The van der Waals surface area contributed by atoms with Crippen molar-refractivity contribution in [1.82, 2.24) is 5.32 Å². The largest absolute Gasteiger partial charge is 0.444 e. The number of rotatable bonds is 2. The van der Waals surface area contributed by atoms with E-state index in [-0.39, 0.29) is 0 Å². The first kappa shape index (κ1) is 12.9. The first-order valence-corrected chi connectivity index (χ1v) is 6.05. The fraction of sp³-hybridized carbons (Fsp3) is 0.500. The van der Waals surface area contributed by atoms with Crippen LogP contribution in [0.2, 0.25) is 0 Å². The molecule has 98 valence electrons. The summed E-state index contributed by atoms with van der Waals surface area (Å²) in [5.74, 6) is 0. The Morgan fingerprint density at radius 3 is 2.56 bits per heavy atom. The number of hydrogen-bond donors (Lipinski definition) is 1. The molecule has 1 aromatic carbocycles. The molecule has 0 radical (unpaired) electrons. The fourth-order valence-electron chi connectivity index (χ4n) is 1.89. The number of hydrogen-bond acceptors (Lipinski definition) is 2. The lowest BCUT2D eigenvalue weighted by atomic mass is 10.1. The number of carbonyl (C=O) groups is 1. The van der Waals surface area contributed by atoms with Gasteiger partial charge in [-0.25, -0.2) is 9.18 Å². The Hall–Kier alpha value is -1.58. The first-order chi connectivity index (χ1) is 8.31. The summed E-state index contributed by atoms with van der Waals surface area (Å²) in [6.45, 7) is 5.33. The summed E-state index contributed by atoms with van der Waals surface area (Å²) in [7, 11) is 0. The Balaban J connectivity index is 1.94. The Morgan fingerprint density at radius 1 is 1.39 bits per heavy atom. The summed E-state index contributed by atoms with van der Waals surface area (Å²) in [6.07, 6.45) is -0.265. The Labute approximate surface area is 106 Å². The van der Waals surface area contributed by atoms with Crippen LogP contribution < -0.4 is 5.32 Å². The number of carbonyl (C=O) groups excluding carboxylic acids is 1. The van der Waals surface area contributed by atoms with E-state index in [2.05, 4.69) is 5.32 Å². The van der Waals surface area contributed by atoms with Gasteiger partial charge < -0.3 is 10.1 Å². The maximum absolute atomic E-state index is 14.4. The van der Waals surface area contributed by atoms with Crippen LogP contribution in [0.3, 0.4) is 0 Å². The average Bonchev–Trinajstić information content (AvgIpc) is 2.89. The maximum Gasteiger partial charge on any atom is 0.407 e. The molecular weight excluding hydrogens is 233 g/mol. The predicted octanol–water partition coefficient (Wildman–Crippen LogP) is 3.15. The molecule has 0 aliphatic heterocycles. The molecule has 0 unspecified atom stereocenters. The summed E-state index contributed by atoms with van der Waals surface area (Å²) in [4.78, 5) is 11.5. The topological polar surface area (TPSA) is 38.3 Å². The van der Waals surface area contributed by atoms with Crippen LogP contribution in [0.4, 0.5) is 9.18 Å². The van der Waals surface area contributed by atoms with Crippen LogP contribution in [0.15, 0.2) is 30.3 Å². The second-order valence-corrected chi connectivity index (χ2v) is 5.63. The molecule has 0 heterocycles. The van der Waals surface area contributed by atoms with Crippen LogP contribution in [0.5, 0.6) is 0 Å². The van der Waals surface area contributed by atoms with E-state index in [4.69, 9.17) is 4.74 Å². The molecule has 0 spiro atoms. The third-order valence-corrected chi connectivity index (χ3v) is 2.84. The van der Waals surface area contributed by atoms with Crippen LogP contribution in [0, 0.1) is 0 Å². The fourth-order valence-corrected chi connectivity index (χ4v) is 1.89. The molecule has 3 nitrogen and oxygen atoms in total. The van der Waals surface area contributed by atoms with E-state index in [0.29, 0.717) is 12.0 Å². The zero-order valence-corrected chi connectivity index (χ0v) is 10.9. The van der Waals surface area contributed by atoms with E-state index in [1.807, 2.05) is 6.07 Å². The molecule has 1 saturated carbocycles. The molecule has 0 aromatic heterocycles. The zero-order valence-electron chi connectivity index (χ0n) is 10.9. The molecule has 1 fully saturated rings. The second kappa shape index (κ2) is 4.26. The van der Waals surface area contributed by atoms with E-state index in [0.717, 1.165) is 0 Å². The number of alkyl carbamates (subject to hydrolysis) is 1. The van der Waals surface area contributed by atoms with Crippen LogP contribution in [-0.4, -0.2) is 17.7 Å². The van der Waals surface area contributed by atoms with Crippen molar-refractivity contribution in [1.29, 1.82) is 0 Å². The number of halogens is 1. The molecule has 1 aromatic rings. The SMILES string of the molecule is CC(C)(C)OC(=O)N[C@@H]1C[C@@]1(F)c1ccccc1. The van der Waals surface area contributed by atoms with Crippen molar-refractivity contribution in [3.63, 3.8) is 0 Å². The van der Waals surface area contributed by atoms with E-state index in [1.54, 1.807) is 45.0 Å². The molecule has 1 aliphatic rings. The Bertz CT molecular complexity index is 441. The van der Waals surface area contributed by atoms with E-state index in [9.17, 15) is 9.18 Å². The lowest BCUT2D eigenvalue weighted by molar-refractivity contribution is 0.0511. The number of ether oxygens (including phenoxy) is 1. The Morgan fingerprint density at radius 2 is 2.00 bits per heavy atom. The van der Waals surface area contributed by atoms with Gasteiger partial charge in [0.25, 0.3) is 0 Å². The van der Waals surface area contributed by atoms with Crippen LogP contribution in [-0.2, 0) is 10.4 Å². The smallest absolute Gasteiger partial charge is 0.407 e. The van der Waals surface area contributed by atoms with Gasteiger partial charge in [-0.1, -0.05) is 30.3 Å². The lowest BCUT2D eigenvalue weighted by Crippen LogP contribution is -2.35. The summed E-state index contributed by atoms with van der Waals surface area (Å²) in [5.41, 5.74) is -1.41. The van der Waals surface area contributed by atoms with Gasteiger partial charge in [-0.05, 0) is 26.3 Å².